The van der Waals surface area contributed by atoms with Crippen molar-refractivity contribution >= 4 is 54.5 Å². The Balaban J connectivity index is 3.30. The summed E-state index contributed by atoms with van der Waals surface area (Å²) in [5.41, 5.74) is 0.353. The van der Waals surface area contributed by atoms with E-state index in [9.17, 15) is 8.78 Å². The Morgan fingerprint density at radius 1 is 1.54 bits per heavy atom. The fourth-order valence-corrected chi connectivity index (χ4v) is 2.95. The first-order valence-corrected chi connectivity index (χ1v) is 6.24. The Bertz CT molecular complexity index is 320. The van der Waals surface area contributed by atoms with Gasteiger partial charge in [-0.1, -0.05) is 31.9 Å². The normalized spacial score (nSPS) is 10.9. The Labute approximate surface area is 105 Å². The number of nitrogens with zero attached hydrogens (tertiary/aromatic N) is 1. The molecule has 0 saturated heterocycles. The van der Waals surface area contributed by atoms with Gasteiger partial charge in [0.15, 0.2) is 0 Å². The molecule has 0 aliphatic carbocycles. The molecule has 1 nitrogen and oxygen atoms in total. The molecule has 0 atom stereocenters. The number of alkyl halides is 3. The summed E-state index contributed by atoms with van der Waals surface area (Å²) in [5.74, 6) is 0. The smallest absolute Gasteiger partial charge is 0.245 e. The number of hydrogen-bond acceptors (Lipinski definition) is 1. The highest BCUT2D eigenvalue weighted by molar-refractivity contribution is 14.1. The zero-order valence-corrected chi connectivity index (χ0v) is 11.5. The van der Waals surface area contributed by atoms with Gasteiger partial charge in [0.05, 0.1) is 11.3 Å². The first-order valence-electron chi connectivity index (χ1n) is 3.25. The molecule has 72 valence electrons. The van der Waals surface area contributed by atoms with E-state index >= 15 is 0 Å². The third-order valence-electron chi connectivity index (χ3n) is 1.40. The molecule has 1 rings (SSSR count). The van der Waals surface area contributed by atoms with Crippen molar-refractivity contribution in [1.29, 1.82) is 0 Å². The summed E-state index contributed by atoms with van der Waals surface area (Å²) >= 11 is 8.21. The van der Waals surface area contributed by atoms with E-state index < -0.39 is 6.43 Å². The molecule has 0 N–H and O–H groups in total. The second-order valence-electron chi connectivity index (χ2n) is 2.22. The number of rotatable bonds is 2. The van der Waals surface area contributed by atoms with Crippen LogP contribution >= 0.6 is 54.5 Å². The van der Waals surface area contributed by atoms with Crippen LogP contribution in [0, 0.1) is 3.70 Å². The van der Waals surface area contributed by atoms with Gasteiger partial charge in [-0.05, 0) is 28.7 Å². The van der Waals surface area contributed by atoms with Gasteiger partial charge in [0, 0.05) is 9.80 Å². The van der Waals surface area contributed by atoms with E-state index in [1.165, 1.54) is 0 Å². The van der Waals surface area contributed by atoms with Crippen LogP contribution in [0.15, 0.2) is 10.5 Å². The Hall–Kier alpha value is 0.700. The van der Waals surface area contributed by atoms with Crippen LogP contribution in [0.5, 0.6) is 0 Å². The van der Waals surface area contributed by atoms with Gasteiger partial charge in [-0.2, -0.15) is 0 Å². The lowest BCUT2D eigenvalue weighted by Gasteiger charge is -2.08. The first kappa shape index (κ1) is 11.8. The van der Waals surface area contributed by atoms with Crippen molar-refractivity contribution in [3.05, 3.63) is 25.5 Å². The Morgan fingerprint density at radius 2 is 2.15 bits per heavy atom. The topological polar surface area (TPSA) is 12.9 Å². The van der Waals surface area contributed by atoms with Crippen molar-refractivity contribution in [3.63, 3.8) is 0 Å². The zero-order valence-electron chi connectivity index (χ0n) is 6.20. The number of halogens is 5. The maximum atomic E-state index is 12.5. The molecular weight excluding hydrogens is 423 g/mol. The van der Waals surface area contributed by atoms with Crippen molar-refractivity contribution in [2.75, 3.05) is 0 Å². The Morgan fingerprint density at radius 3 is 2.62 bits per heavy atom. The van der Waals surface area contributed by atoms with Crippen LogP contribution in [0.25, 0.3) is 0 Å². The molecule has 0 bridgehead atoms. The zero-order chi connectivity index (χ0) is 10.0. The third-order valence-corrected chi connectivity index (χ3v) is 3.14. The van der Waals surface area contributed by atoms with E-state index in [0.717, 1.165) is 0 Å². The minimum Gasteiger partial charge on any atom is -0.245 e. The largest absolute Gasteiger partial charge is 0.266 e. The second kappa shape index (κ2) is 4.97. The lowest BCUT2D eigenvalue weighted by Crippen LogP contribution is -1.99. The molecule has 6 heteroatoms. The molecule has 13 heavy (non-hydrogen) atoms. The van der Waals surface area contributed by atoms with Crippen molar-refractivity contribution in [1.82, 2.24) is 4.98 Å². The van der Waals surface area contributed by atoms with E-state index in [0.29, 0.717) is 19.2 Å². The van der Waals surface area contributed by atoms with Crippen LogP contribution in [-0.2, 0) is 5.33 Å². The SMILES string of the molecule is FC(F)c1c(Br)cc(I)nc1CBr. The molecule has 0 spiro atoms. The predicted octanol–water partition coefficient (Wildman–Crippen LogP) is 4.28. The molecule has 0 unspecified atom stereocenters. The molecule has 0 aliphatic heterocycles. The highest BCUT2D eigenvalue weighted by atomic mass is 127. The van der Waals surface area contributed by atoms with Gasteiger partial charge in [-0.3, -0.25) is 0 Å². The molecule has 1 heterocycles. The molecular formula is C7H4Br2F2IN. The van der Waals surface area contributed by atoms with Gasteiger partial charge in [0.2, 0.25) is 0 Å². The minimum atomic E-state index is -2.49. The molecule has 0 saturated carbocycles. The summed E-state index contributed by atoms with van der Waals surface area (Å²) in [7, 11) is 0. The molecule has 1 aromatic heterocycles. The lowest BCUT2D eigenvalue weighted by molar-refractivity contribution is 0.149. The summed E-state index contributed by atoms with van der Waals surface area (Å²) < 4.78 is 26.1. The van der Waals surface area contributed by atoms with E-state index in [4.69, 9.17) is 0 Å². The molecule has 0 radical (unpaired) electrons. The summed E-state index contributed by atoms with van der Waals surface area (Å²) in [6.45, 7) is 0. The lowest BCUT2D eigenvalue weighted by atomic mass is 10.2. The fourth-order valence-electron chi connectivity index (χ4n) is 0.874. The third kappa shape index (κ3) is 2.82. The highest BCUT2D eigenvalue weighted by Gasteiger charge is 2.18. The van der Waals surface area contributed by atoms with Crippen LogP contribution in [-0.4, -0.2) is 4.98 Å². The summed E-state index contributed by atoms with van der Waals surface area (Å²) in [4.78, 5) is 4.00. The minimum absolute atomic E-state index is 0.0303. The maximum absolute atomic E-state index is 12.5. The van der Waals surface area contributed by atoms with E-state index in [-0.39, 0.29) is 5.56 Å². The van der Waals surface area contributed by atoms with Gasteiger partial charge in [0.25, 0.3) is 6.43 Å². The molecule has 0 aromatic carbocycles. The quantitative estimate of drug-likeness (QED) is 0.391. The van der Waals surface area contributed by atoms with Crippen molar-refractivity contribution in [2.24, 2.45) is 0 Å². The number of hydrogen-bond donors (Lipinski definition) is 0. The van der Waals surface area contributed by atoms with Crippen LogP contribution in [0.3, 0.4) is 0 Å². The van der Waals surface area contributed by atoms with Crippen molar-refractivity contribution in [2.45, 2.75) is 11.8 Å². The first-order chi connectivity index (χ1) is 6.06. The number of aromatic nitrogens is 1. The van der Waals surface area contributed by atoms with E-state index in [2.05, 4.69) is 36.8 Å². The average molecular weight is 427 g/mol. The van der Waals surface area contributed by atoms with Gasteiger partial charge in [-0.15, -0.1) is 0 Å². The number of pyridine rings is 1. The molecule has 0 fully saturated rings. The summed E-state index contributed by atoms with van der Waals surface area (Å²) in [6.07, 6.45) is -2.49. The maximum Gasteiger partial charge on any atom is 0.266 e. The summed E-state index contributed by atoms with van der Waals surface area (Å²) in [5, 5.41) is 0.335. The summed E-state index contributed by atoms with van der Waals surface area (Å²) in [6, 6.07) is 1.58. The van der Waals surface area contributed by atoms with Crippen molar-refractivity contribution in [3.8, 4) is 0 Å². The van der Waals surface area contributed by atoms with Crippen LogP contribution in [0.4, 0.5) is 8.78 Å². The van der Waals surface area contributed by atoms with Crippen LogP contribution < -0.4 is 0 Å². The highest BCUT2D eigenvalue weighted by Crippen LogP contribution is 2.31. The van der Waals surface area contributed by atoms with E-state index in [1.54, 1.807) is 6.07 Å². The average Bonchev–Trinajstić information content (AvgIpc) is 2.01. The van der Waals surface area contributed by atoms with Crippen molar-refractivity contribution < 1.29 is 8.78 Å². The van der Waals surface area contributed by atoms with Crippen LogP contribution in [0.1, 0.15) is 17.7 Å². The Kier molecular flexibility index (Phi) is 4.50. The second-order valence-corrected chi connectivity index (χ2v) is 4.74. The standard InChI is InChI=1S/C7H4Br2F2IN/c8-2-4-6(7(10)11)3(9)1-5(12)13-4/h1,7H,2H2. The van der Waals surface area contributed by atoms with Gasteiger partial charge < -0.3 is 0 Å². The van der Waals surface area contributed by atoms with Gasteiger partial charge in [0.1, 0.15) is 3.70 Å². The van der Waals surface area contributed by atoms with Gasteiger partial charge >= 0.3 is 0 Å². The predicted molar refractivity (Wildman–Crippen MR) is 62.2 cm³/mol. The molecule has 0 amide bonds. The van der Waals surface area contributed by atoms with Gasteiger partial charge in [-0.25, -0.2) is 13.8 Å². The van der Waals surface area contributed by atoms with E-state index in [1.807, 2.05) is 22.6 Å². The fraction of sp³-hybridized carbons (Fsp3) is 0.286. The van der Waals surface area contributed by atoms with Crippen LogP contribution in [0.2, 0.25) is 0 Å². The molecule has 0 aliphatic rings. The monoisotopic (exact) mass is 425 g/mol. The molecule has 1 aromatic rings.